The molecule has 0 N–H and O–H groups in total. The first-order valence-corrected chi connectivity index (χ1v) is 4.49. The largest absolute Gasteiger partial charge is 0.255 e. The molecule has 14 heavy (non-hydrogen) atoms. The molecule has 4 heteroatoms. The molecule has 1 aromatic carbocycles. The summed E-state index contributed by atoms with van der Waals surface area (Å²) < 4.78 is 4.15. The Morgan fingerprint density at radius 3 is 2.86 bits per heavy atom. The normalized spacial score (nSPS) is 8.79. The van der Waals surface area contributed by atoms with E-state index in [1.807, 2.05) is 24.3 Å². The van der Waals surface area contributed by atoms with Crippen molar-refractivity contribution in [1.29, 1.82) is 0 Å². The van der Waals surface area contributed by atoms with E-state index < -0.39 is 0 Å². The summed E-state index contributed by atoms with van der Waals surface area (Å²) in [6, 6.07) is 12.5. The van der Waals surface area contributed by atoms with E-state index in [-0.39, 0.29) is 20.1 Å². The summed E-state index contributed by atoms with van der Waals surface area (Å²) in [7, 11) is 0. The molecule has 0 aliphatic rings. The first-order valence-electron chi connectivity index (χ1n) is 3.71. The van der Waals surface area contributed by atoms with Crippen LogP contribution in [-0.4, -0.2) is 4.37 Å². The molecule has 0 unspecified atom stereocenters. The van der Waals surface area contributed by atoms with Crippen molar-refractivity contribution in [2.24, 2.45) is 0 Å². The predicted octanol–water partition coefficient (Wildman–Crippen LogP) is 3.16. The maximum atomic E-state index is 6.80. The van der Waals surface area contributed by atoms with Crippen LogP contribution in [0.25, 0.3) is 16.1 Å². The number of hydrogen-bond donors (Lipinski definition) is 0. The number of aromatic nitrogens is 1. The molecule has 2 aromatic rings. The van der Waals surface area contributed by atoms with Crippen molar-refractivity contribution in [3.05, 3.63) is 47.8 Å². The Morgan fingerprint density at radius 2 is 2.29 bits per heavy atom. The molecule has 1 aromatic heterocycles. The second kappa shape index (κ2) is 5.02. The summed E-state index contributed by atoms with van der Waals surface area (Å²) in [5.41, 5.74) is 1.77. The third kappa shape index (κ3) is 2.27. The van der Waals surface area contributed by atoms with E-state index in [1.54, 1.807) is 6.07 Å². The van der Waals surface area contributed by atoms with Gasteiger partial charge in [0.1, 0.15) is 0 Å². The van der Waals surface area contributed by atoms with Crippen LogP contribution in [0.3, 0.4) is 0 Å². The van der Waals surface area contributed by atoms with E-state index in [2.05, 4.69) is 15.3 Å². The van der Waals surface area contributed by atoms with Crippen molar-refractivity contribution in [2.75, 3.05) is 0 Å². The Hall–Kier alpha value is -1.01. The molecule has 0 bridgehead atoms. The molecule has 0 saturated carbocycles. The van der Waals surface area contributed by atoms with Gasteiger partial charge >= 0.3 is 0 Å². The van der Waals surface area contributed by atoms with Gasteiger partial charge < -0.3 is 0 Å². The summed E-state index contributed by atoms with van der Waals surface area (Å²) >= 11 is 1.22. The average molecular weight is 377 g/mol. The van der Waals surface area contributed by atoms with Gasteiger partial charge in [-0.2, -0.15) is 0 Å². The third-order valence-electron chi connectivity index (χ3n) is 1.59. The molecule has 2 nitrogen and oxygen atoms in total. The fourth-order valence-corrected chi connectivity index (χ4v) is 1.55. The minimum Gasteiger partial charge on any atom is -0.255 e. The molecule has 71 valence electrons. The van der Waals surface area contributed by atoms with Gasteiger partial charge in [0.05, 0.1) is 6.57 Å². The van der Waals surface area contributed by atoms with Crippen molar-refractivity contribution in [3.8, 4) is 11.3 Å². The molecular weight excluding hydrogens is 372 g/mol. The zero-order chi connectivity index (χ0) is 9.10. The maximum absolute atomic E-state index is 6.80. The summed E-state index contributed by atoms with van der Waals surface area (Å²) in [6.45, 7) is 6.80. The van der Waals surface area contributed by atoms with Crippen LogP contribution in [0.15, 0.2) is 30.3 Å². The molecule has 1 heterocycles. The molecular formula is C10H5IrN2S-. The molecule has 0 amide bonds. The topological polar surface area (TPSA) is 17.2 Å². The standard InChI is InChI=1S/C10H5N2S.Ir/c1-11-10-7-9(12-13-10)8-5-3-2-4-6-8;/h2-5,7H;/q-1;. The molecule has 0 aliphatic heterocycles. The molecule has 0 fully saturated rings. The molecule has 0 aliphatic carbocycles. The van der Waals surface area contributed by atoms with Gasteiger partial charge in [-0.25, -0.2) is 4.85 Å². The molecule has 0 spiro atoms. The Morgan fingerprint density at radius 1 is 1.43 bits per heavy atom. The van der Waals surface area contributed by atoms with Crippen LogP contribution in [0.5, 0.6) is 0 Å². The van der Waals surface area contributed by atoms with Gasteiger partial charge in [0.2, 0.25) is 5.00 Å². The Bertz CT molecular complexity index is 445. The Balaban J connectivity index is 0.000000980. The SMILES string of the molecule is [C-]#[N+]c1cc(-c2[c-]cccc2)ns1.[Ir]. The summed E-state index contributed by atoms with van der Waals surface area (Å²) in [4.78, 5) is 3.31. The van der Waals surface area contributed by atoms with E-state index in [0.717, 1.165) is 11.3 Å². The second-order valence-corrected chi connectivity index (χ2v) is 3.22. The monoisotopic (exact) mass is 378 g/mol. The minimum absolute atomic E-state index is 0. The van der Waals surface area contributed by atoms with Gasteiger partial charge in [0.15, 0.2) is 0 Å². The minimum atomic E-state index is 0. The van der Waals surface area contributed by atoms with Crippen LogP contribution in [0, 0.1) is 12.6 Å². The zero-order valence-corrected chi connectivity index (χ0v) is 10.2. The quantitative estimate of drug-likeness (QED) is 0.698. The fourth-order valence-electron chi connectivity index (χ4n) is 0.998. The number of nitrogens with zero attached hydrogens (tertiary/aromatic N) is 2. The predicted molar refractivity (Wildman–Crippen MR) is 52.6 cm³/mol. The smallest absolute Gasteiger partial charge is 0.250 e. The van der Waals surface area contributed by atoms with E-state index >= 15 is 0 Å². The van der Waals surface area contributed by atoms with E-state index in [9.17, 15) is 0 Å². The third-order valence-corrected chi connectivity index (χ3v) is 2.28. The van der Waals surface area contributed by atoms with Crippen LogP contribution >= 0.6 is 11.5 Å². The van der Waals surface area contributed by atoms with Crippen molar-refractivity contribution in [3.63, 3.8) is 0 Å². The van der Waals surface area contributed by atoms with Gasteiger partial charge in [-0.05, 0) is 5.69 Å². The van der Waals surface area contributed by atoms with Crippen molar-refractivity contribution in [1.82, 2.24) is 4.37 Å². The van der Waals surface area contributed by atoms with Crippen LogP contribution < -0.4 is 0 Å². The Labute approximate surface area is 99.9 Å². The average Bonchev–Trinajstić information content (AvgIpc) is 2.67. The van der Waals surface area contributed by atoms with E-state index in [1.165, 1.54) is 11.5 Å². The van der Waals surface area contributed by atoms with Crippen molar-refractivity contribution in [2.45, 2.75) is 0 Å². The summed E-state index contributed by atoms with van der Waals surface area (Å²) in [6.07, 6.45) is 0. The number of benzene rings is 1. The Kier molecular flexibility index (Phi) is 3.97. The van der Waals surface area contributed by atoms with Crippen LogP contribution in [0.4, 0.5) is 5.00 Å². The molecule has 1 radical (unpaired) electrons. The van der Waals surface area contributed by atoms with Crippen LogP contribution in [0.2, 0.25) is 0 Å². The summed E-state index contributed by atoms with van der Waals surface area (Å²) in [5.74, 6) is 0. The maximum Gasteiger partial charge on any atom is 0.250 e. The summed E-state index contributed by atoms with van der Waals surface area (Å²) in [5, 5.41) is 0.618. The van der Waals surface area contributed by atoms with Crippen molar-refractivity contribution < 1.29 is 20.1 Å². The van der Waals surface area contributed by atoms with Gasteiger partial charge in [-0.15, -0.1) is 35.9 Å². The molecule has 0 atom stereocenters. The van der Waals surface area contributed by atoms with Gasteiger partial charge in [-0.1, -0.05) is 17.6 Å². The van der Waals surface area contributed by atoms with E-state index in [0.29, 0.717) is 5.00 Å². The van der Waals surface area contributed by atoms with Gasteiger partial charge in [0.25, 0.3) is 0 Å². The van der Waals surface area contributed by atoms with Gasteiger partial charge in [-0.3, -0.25) is 4.37 Å². The zero-order valence-electron chi connectivity index (χ0n) is 7.02. The molecule has 2 rings (SSSR count). The van der Waals surface area contributed by atoms with Crippen LogP contribution in [-0.2, 0) is 20.1 Å². The van der Waals surface area contributed by atoms with E-state index in [4.69, 9.17) is 6.57 Å². The first kappa shape index (κ1) is 11.1. The van der Waals surface area contributed by atoms with Crippen molar-refractivity contribution >= 4 is 16.5 Å². The number of rotatable bonds is 1. The first-order chi connectivity index (χ1) is 6.40. The van der Waals surface area contributed by atoms with Crippen LogP contribution in [0.1, 0.15) is 0 Å². The number of hydrogen-bond acceptors (Lipinski definition) is 2. The fraction of sp³-hybridized carbons (Fsp3) is 0. The molecule has 0 saturated heterocycles. The second-order valence-electron chi connectivity index (χ2n) is 2.44. The van der Waals surface area contributed by atoms with Gasteiger partial charge in [0, 0.05) is 20.1 Å².